The first-order valence-corrected chi connectivity index (χ1v) is 9.76. The van der Waals surface area contributed by atoms with Gasteiger partial charge >= 0.3 is 0 Å². The van der Waals surface area contributed by atoms with Crippen LogP contribution in [0.3, 0.4) is 0 Å². The van der Waals surface area contributed by atoms with Crippen LogP contribution in [0.4, 0.5) is 0 Å². The average molecular weight is 307 g/mol. The number of rotatable bonds is 2. The van der Waals surface area contributed by atoms with Crippen molar-refractivity contribution in [2.45, 2.75) is 55.8 Å². The summed E-state index contributed by atoms with van der Waals surface area (Å²) >= 11 is 0. The van der Waals surface area contributed by atoms with Crippen molar-refractivity contribution in [3.8, 4) is 0 Å². The van der Waals surface area contributed by atoms with Crippen LogP contribution in [0.5, 0.6) is 0 Å². The zero-order chi connectivity index (χ0) is 14.9. The Labute approximate surface area is 127 Å². The van der Waals surface area contributed by atoms with Gasteiger partial charge in [0.25, 0.3) is 0 Å². The zero-order valence-corrected chi connectivity index (χ0v) is 13.4. The molecule has 0 bridgehead atoms. The summed E-state index contributed by atoms with van der Waals surface area (Å²) in [5.41, 5.74) is 7.18. The van der Waals surface area contributed by atoms with Crippen LogP contribution < -0.4 is 5.73 Å². The standard InChI is InChI=1S/C17H25NO2S/c18-13-17(10-6-2-1-3-7-11-17)15-12-21(19,20)16-9-5-4-8-14(15)16/h4-5,8-9,15H,1-3,6-7,10-13,18H2. The van der Waals surface area contributed by atoms with E-state index in [1.807, 2.05) is 18.2 Å². The molecule has 1 aliphatic carbocycles. The van der Waals surface area contributed by atoms with E-state index < -0.39 is 9.84 Å². The van der Waals surface area contributed by atoms with E-state index in [9.17, 15) is 8.42 Å². The lowest BCUT2D eigenvalue weighted by molar-refractivity contribution is 0.181. The second kappa shape index (κ2) is 5.73. The molecule has 0 saturated heterocycles. The predicted molar refractivity (Wildman–Crippen MR) is 85.0 cm³/mol. The van der Waals surface area contributed by atoms with E-state index in [2.05, 4.69) is 0 Å². The molecule has 0 aromatic heterocycles. The first-order valence-electron chi connectivity index (χ1n) is 8.11. The van der Waals surface area contributed by atoms with Gasteiger partial charge in [-0.3, -0.25) is 0 Å². The van der Waals surface area contributed by atoms with Gasteiger partial charge in [-0.1, -0.05) is 50.3 Å². The van der Waals surface area contributed by atoms with Crippen molar-refractivity contribution in [3.63, 3.8) is 0 Å². The van der Waals surface area contributed by atoms with E-state index in [0.717, 1.165) is 18.4 Å². The van der Waals surface area contributed by atoms with Crippen molar-refractivity contribution in [1.82, 2.24) is 0 Å². The van der Waals surface area contributed by atoms with E-state index in [4.69, 9.17) is 5.73 Å². The summed E-state index contributed by atoms with van der Waals surface area (Å²) in [5.74, 6) is 0.339. The third kappa shape index (κ3) is 2.64. The lowest BCUT2D eigenvalue weighted by Crippen LogP contribution is -2.38. The van der Waals surface area contributed by atoms with Gasteiger partial charge in [0.2, 0.25) is 0 Å². The summed E-state index contributed by atoms with van der Waals surface area (Å²) in [4.78, 5) is 0.546. The van der Waals surface area contributed by atoms with Crippen LogP contribution in [0, 0.1) is 5.41 Å². The molecular formula is C17H25NO2S. The molecule has 3 rings (SSSR count). The molecule has 1 aromatic rings. The number of hydrogen-bond donors (Lipinski definition) is 1. The Morgan fingerprint density at radius 3 is 2.33 bits per heavy atom. The van der Waals surface area contributed by atoms with E-state index in [0.29, 0.717) is 11.4 Å². The molecule has 1 saturated carbocycles. The first kappa shape index (κ1) is 15.0. The number of fused-ring (bicyclic) bond motifs is 1. The maximum atomic E-state index is 12.5. The molecule has 0 amide bonds. The quantitative estimate of drug-likeness (QED) is 0.912. The monoisotopic (exact) mass is 307 g/mol. The minimum Gasteiger partial charge on any atom is -0.330 e. The molecule has 1 fully saturated rings. The van der Waals surface area contributed by atoms with Gasteiger partial charge in [0.1, 0.15) is 0 Å². The summed E-state index contributed by atoms with van der Waals surface area (Å²) in [5, 5.41) is 0. The minimum absolute atomic E-state index is 0.0277. The second-order valence-electron chi connectivity index (χ2n) is 6.71. The van der Waals surface area contributed by atoms with Crippen molar-refractivity contribution >= 4 is 9.84 Å². The summed E-state index contributed by atoms with van der Waals surface area (Å²) in [6.07, 6.45) is 8.30. The Morgan fingerprint density at radius 1 is 1.05 bits per heavy atom. The van der Waals surface area contributed by atoms with Gasteiger partial charge in [-0.05, 0) is 36.4 Å². The molecule has 0 spiro atoms. The Bertz CT molecular complexity index is 601. The molecular weight excluding hydrogens is 282 g/mol. The second-order valence-corrected chi connectivity index (χ2v) is 8.71. The summed E-state index contributed by atoms with van der Waals surface area (Å²) in [6.45, 7) is 0.599. The third-order valence-corrected chi connectivity index (χ3v) is 7.32. The first-order chi connectivity index (χ1) is 10.1. The lowest BCUT2D eigenvalue weighted by Gasteiger charge is -2.39. The molecule has 1 unspecified atom stereocenters. The molecule has 3 nitrogen and oxygen atoms in total. The van der Waals surface area contributed by atoms with Crippen molar-refractivity contribution in [1.29, 1.82) is 0 Å². The molecule has 1 heterocycles. The SMILES string of the molecule is NCC1(C2CS(=O)(=O)c3ccccc32)CCCCCCC1. The van der Waals surface area contributed by atoms with Crippen molar-refractivity contribution < 1.29 is 8.42 Å². The molecule has 1 aromatic carbocycles. The zero-order valence-electron chi connectivity index (χ0n) is 12.6. The predicted octanol–water partition coefficient (Wildman–Crippen LogP) is 3.25. The molecule has 116 valence electrons. The number of sulfone groups is 1. The number of nitrogens with two attached hydrogens (primary N) is 1. The molecule has 2 N–H and O–H groups in total. The molecule has 21 heavy (non-hydrogen) atoms. The Balaban J connectivity index is 2.02. The number of hydrogen-bond acceptors (Lipinski definition) is 3. The summed E-state index contributed by atoms with van der Waals surface area (Å²) in [7, 11) is -3.13. The van der Waals surface area contributed by atoms with Gasteiger partial charge < -0.3 is 5.73 Å². The molecule has 4 heteroatoms. The third-order valence-electron chi connectivity index (χ3n) is 5.51. The van der Waals surface area contributed by atoms with Crippen LogP contribution in [0.25, 0.3) is 0 Å². The van der Waals surface area contributed by atoms with Crippen LogP contribution in [-0.2, 0) is 9.84 Å². The summed E-state index contributed by atoms with van der Waals surface area (Å²) in [6, 6.07) is 7.55. The van der Waals surface area contributed by atoms with E-state index in [1.54, 1.807) is 6.07 Å². The maximum Gasteiger partial charge on any atom is 0.179 e. The minimum atomic E-state index is -3.13. The fourth-order valence-electron chi connectivity index (χ4n) is 4.26. The molecule has 0 radical (unpaired) electrons. The molecule has 2 aliphatic rings. The van der Waals surface area contributed by atoms with Crippen LogP contribution >= 0.6 is 0 Å². The Morgan fingerprint density at radius 2 is 1.67 bits per heavy atom. The normalized spacial score (nSPS) is 27.6. The van der Waals surface area contributed by atoms with Crippen LogP contribution in [0.15, 0.2) is 29.2 Å². The lowest BCUT2D eigenvalue weighted by atomic mass is 9.66. The van der Waals surface area contributed by atoms with E-state index >= 15 is 0 Å². The largest absolute Gasteiger partial charge is 0.330 e. The topological polar surface area (TPSA) is 60.2 Å². The van der Waals surface area contributed by atoms with Crippen LogP contribution in [0.2, 0.25) is 0 Å². The summed E-state index contributed by atoms with van der Waals surface area (Å²) < 4.78 is 25.0. The van der Waals surface area contributed by atoms with Gasteiger partial charge in [0.15, 0.2) is 9.84 Å². The van der Waals surface area contributed by atoms with E-state index in [-0.39, 0.29) is 17.1 Å². The molecule has 1 atom stereocenters. The van der Waals surface area contributed by atoms with Crippen LogP contribution in [0.1, 0.15) is 56.4 Å². The van der Waals surface area contributed by atoms with Gasteiger partial charge in [0, 0.05) is 5.92 Å². The highest BCUT2D eigenvalue weighted by molar-refractivity contribution is 7.91. The van der Waals surface area contributed by atoms with Gasteiger partial charge in [-0.25, -0.2) is 8.42 Å². The maximum absolute atomic E-state index is 12.5. The highest BCUT2D eigenvalue weighted by Gasteiger charge is 2.46. The Kier molecular flexibility index (Phi) is 4.10. The fourth-order valence-corrected chi connectivity index (χ4v) is 6.27. The average Bonchev–Trinajstić information content (AvgIpc) is 2.73. The van der Waals surface area contributed by atoms with Crippen LogP contribution in [-0.4, -0.2) is 20.7 Å². The fraction of sp³-hybridized carbons (Fsp3) is 0.647. The van der Waals surface area contributed by atoms with Crippen molar-refractivity contribution in [3.05, 3.63) is 29.8 Å². The van der Waals surface area contributed by atoms with Gasteiger partial charge in [-0.15, -0.1) is 0 Å². The molecule has 1 aliphatic heterocycles. The number of benzene rings is 1. The highest BCUT2D eigenvalue weighted by Crippen LogP contribution is 2.50. The van der Waals surface area contributed by atoms with E-state index in [1.165, 1.54) is 32.1 Å². The van der Waals surface area contributed by atoms with Gasteiger partial charge in [-0.2, -0.15) is 0 Å². The van der Waals surface area contributed by atoms with Crippen molar-refractivity contribution in [2.24, 2.45) is 11.1 Å². The van der Waals surface area contributed by atoms with Crippen molar-refractivity contribution in [2.75, 3.05) is 12.3 Å². The Hall–Kier alpha value is -0.870. The highest BCUT2D eigenvalue weighted by atomic mass is 32.2. The smallest absolute Gasteiger partial charge is 0.179 e. The van der Waals surface area contributed by atoms with Gasteiger partial charge in [0.05, 0.1) is 10.6 Å².